The van der Waals surface area contributed by atoms with E-state index in [9.17, 15) is 10.1 Å². The summed E-state index contributed by atoms with van der Waals surface area (Å²) < 4.78 is 0. The number of nitro groups is 1. The summed E-state index contributed by atoms with van der Waals surface area (Å²) >= 11 is 1.71. The van der Waals surface area contributed by atoms with Gasteiger partial charge in [0.2, 0.25) is 0 Å². The number of nitro benzene ring substituents is 1. The van der Waals surface area contributed by atoms with E-state index < -0.39 is 0 Å². The average molecular weight is 329 g/mol. The fraction of sp³-hybridized carbons (Fsp3) is 0.471. The fourth-order valence-electron chi connectivity index (χ4n) is 3.30. The minimum absolute atomic E-state index is 0.183. The highest BCUT2D eigenvalue weighted by atomic mass is 32.1. The largest absolute Gasteiger partial charge is 0.304 e. The Morgan fingerprint density at radius 1 is 1.35 bits per heavy atom. The molecule has 1 saturated carbocycles. The van der Waals surface area contributed by atoms with Gasteiger partial charge in [0.15, 0.2) is 0 Å². The van der Waals surface area contributed by atoms with Crippen LogP contribution in [0.1, 0.15) is 59.5 Å². The second-order valence-corrected chi connectivity index (χ2v) is 7.35. The maximum atomic E-state index is 11.0. The molecule has 0 radical (unpaired) electrons. The quantitative estimate of drug-likeness (QED) is 0.662. The maximum absolute atomic E-state index is 11.0. The lowest BCUT2D eigenvalue weighted by molar-refractivity contribution is -0.385. The first-order chi connectivity index (χ1) is 11.2. The van der Waals surface area contributed by atoms with Gasteiger partial charge in [-0.25, -0.2) is 4.98 Å². The first kappa shape index (κ1) is 14.8. The molecule has 0 saturated heterocycles. The Morgan fingerprint density at radius 3 is 3.00 bits per heavy atom. The fourth-order valence-corrected chi connectivity index (χ4v) is 4.12. The number of hydrogen-bond donors (Lipinski definition) is 1. The molecule has 4 rings (SSSR count). The third-order valence-electron chi connectivity index (χ3n) is 4.72. The van der Waals surface area contributed by atoms with Crippen molar-refractivity contribution in [2.24, 2.45) is 0 Å². The number of hydrogen-bond acceptors (Lipinski definition) is 5. The van der Waals surface area contributed by atoms with Crippen molar-refractivity contribution in [3.05, 3.63) is 55.5 Å². The highest BCUT2D eigenvalue weighted by Crippen LogP contribution is 2.40. The van der Waals surface area contributed by atoms with Crippen molar-refractivity contribution >= 4 is 17.0 Å². The van der Waals surface area contributed by atoms with Crippen molar-refractivity contribution in [1.82, 2.24) is 10.3 Å². The Hall–Kier alpha value is -1.79. The monoisotopic (exact) mass is 329 g/mol. The zero-order chi connectivity index (χ0) is 15.8. The van der Waals surface area contributed by atoms with Gasteiger partial charge in [0.1, 0.15) is 5.01 Å². The molecule has 23 heavy (non-hydrogen) atoms. The van der Waals surface area contributed by atoms with E-state index in [4.69, 9.17) is 4.98 Å². The van der Waals surface area contributed by atoms with E-state index in [0.717, 1.165) is 36.4 Å². The van der Waals surface area contributed by atoms with Gasteiger partial charge < -0.3 is 5.32 Å². The van der Waals surface area contributed by atoms with Crippen LogP contribution in [0.2, 0.25) is 0 Å². The van der Waals surface area contributed by atoms with Crippen LogP contribution in [0.25, 0.3) is 0 Å². The van der Waals surface area contributed by atoms with Gasteiger partial charge in [-0.15, -0.1) is 11.3 Å². The van der Waals surface area contributed by atoms with Crippen molar-refractivity contribution in [3.8, 4) is 0 Å². The summed E-state index contributed by atoms with van der Waals surface area (Å²) in [5, 5.41) is 17.9. The number of non-ortho nitro benzene ring substituents is 1. The molecule has 5 nitrogen and oxygen atoms in total. The highest BCUT2D eigenvalue weighted by Gasteiger charge is 2.26. The summed E-state index contributed by atoms with van der Waals surface area (Å²) in [6, 6.07) is 5.45. The molecule has 0 spiro atoms. The minimum Gasteiger partial charge on any atom is -0.304 e. The van der Waals surface area contributed by atoms with E-state index in [1.54, 1.807) is 23.5 Å². The van der Waals surface area contributed by atoms with Crippen LogP contribution in [-0.4, -0.2) is 9.91 Å². The lowest BCUT2D eigenvalue weighted by Gasteiger charge is -2.26. The van der Waals surface area contributed by atoms with Crippen molar-refractivity contribution in [1.29, 1.82) is 0 Å². The summed E-state index contributed by atoms with van der Waals surface area (Å²) in [6.07, 6.45) is 5.70. The number of nitrogens with zero attached hydrogens (tertiary/aromatic N) is 2. The number of benzene rings is 1. The van der Waals surface area contributed by atoms with Gasteiger partial charge in [-0.2, -0.15) is 0 Å². The van der Waals surface area contributed by atoms with Crippen molar-refractivity contribution in [2.45, 2.75) is 50.6 Å². The van der Waals surface area contributed by atoms with Gasteiger partial charge in [-0.05, 0) is 43.2 Å². The van der Waals surface area contributed by atoms with E-state index in [0.29, 0.717) is 5.92 Å². The van der Waals surface area contributed by atoms with Crippen molar-refractivity contribution in [2.75, 3.05) is 0 Å². The first-order valence-corrected chi connectivity index (χ1v) is 9.03. The second-order valence-electron chi connectivity index (χ2n) is 6.41. The summed E-state index contributed by atoms with van der Waals surface area (Å²) in [6.45, 7) is 0.740. The molecule has 0 bridgehead atoms. The van der Waals surface area contributed by atoms with Crippen LogP contribution in [0.3, 0.4) is 0 Å². The number of aryl methyl sites for hydroxylation is 1. The van der Waals surface area contributed by atoms with Crippen LogP contribution in [0, 0.1) is 10.1 Å². The van der Waals surface area contributed by atoms with Crippen molar-refractivity contribution < 1.29 is 4.92 Å². The van der Waals surface area contributed by atoms with Gasteiger partial charge >= 0.3 is 0 Å². The van der Waals surface area contributed by atoms with E-state index in [2.05, 4.69) is 10.7 Å². The predicted octanol–water partition coefficient (Wildman–Crippen LogP) is 4.10. The molecular formula is C17H19N3O2S. The lowest BCUT2D eigenvalue weighted by atomic mass is 9.87. The van der Waals surface area contributed by atoms with E-state index in [1.807, 2.05) is 6.07 Å². The van der Waals surface area contributed by atoms with E-state index in [-0.39, 0.29) is 16.7 Å². The van der Waals surface area contributed by atoms with Gasteiger partial charge in [0.05, 0.1) is 10.6 Å². The number of fused-ring (bicyclic) bond motifs is 1. The van der Waals surface area contributed by atoms with Gasteiger partial charge in [0.25, 0.3) is 5.69 Å². The smallest absolute Gasteiger partial charge is 0.269 e. The molecule has 0 aliphatic heterocycles. The SMILES string of the molecule is O=[N+]([O-])c1ccc2c(c1)C(NCc1nc(C3CC3)cs1)CCC2. The summed E-state index contributed by atoms with van der Waals surface area (Å²) in [5.41, 5.74) is 3.75. The molecule has 6 heteroatoms. The zero-order valence-corrected chi connectivity index (χ0v) is 13.6. The minimum atomic E-state index is -0.311. The van der Waals surface area contributed by atoms with Crippen molar-refractivity contribution in [3.63, 3.8) is 0 Å². The molecule has 2 aliphatic carbocycles. The molecule has 2 aromatic rings. The number of aromatic nitrogens is 1. The van der Waals surface area contributed by atoms with Gasteiger partial charge in [-0.3, -0.25) is 10.1 Å². The van der Waals surface area contributed by atoms with Gasteiger partial charge in [0, 0.05) is 36.0 Å². The molecule has 1 aromatic heterocycles. The third kappa shape index (κ3) is 3.14. The van der Waals surface area contributed by atoms with Crippen LogP contribution in [0.15, 0.2) is 23.6 Å². The van der Waals surface area contributed by atoms with E-state index in [1.165, 1.54) is 24.1 Å². The van der Waals surface area contributed by atoms with Crippen LogP contribution in [-0.2, 0) is 13.0 Å². The molecule has 1 fully saturated rings. The van der Waals surface area contributed by atoms with Gasteiger partial charge in [-0.1, -0.05) is 6.07 Å². The molecule has 2 aliphatic rings. The Balaban J connectivity index is 1.49. The molecular weight excluding hydrogens is 310 g/mol. The van der Waals surface area contributed by atoms with Crippen LogP contribution < -0.4 is 5.32 Å². The molecule has 1 unspecified atom stereocenters. The molecule has 1 atom stereocenters. The molecule has 1 N–H and O–H groups in total. The predicted molar refractivity (Wildman–Crippen MR) is 89.7 cm³/mol. The maximum Gasteiger partial charge on any atom is 0.269 e. The Bertz CT molecular complexity index is 739. The van der Waals surface area contributed by atoms with E-state index >= 15 is 0 Å². The summed E-state index contributed by atoms with van der Waals surface area (Å²) in [4.78, 5) is 15.4. The zero-order valence-electron chi connectivity index (χ0n) is 12.8. The van der Waals surface area contributed by atoms with Crippen LogP contribution in [0.4, 0.5) is 5.69 Å². The first-order valence-electron chi connectivity index (χ1n) is 8.15. The Kier molecular flexibility index (Phi) is 3.87. The van der Waals surface area contributed by atoms with Crippen LogP contribution >= 0.6 is 11.3 Å². The normalized spacial score (nSPS) is 20.3. The Labute approximate surface area is 138 Å². The topological polar surface area (TPSA) is 68.1 Å². The number of nitrogens with one attached hydrogen (secondary N) is 1. The molecule has 1 heterocycles. The number of rotatable bonds is 5. The molecule has 1 aromatic carbocycles. The number of thiazole rings is 1. The van der Waals surface area contributed by atoms with Crippen LogP contribution in [0.5, 0.6) is 0 Å². The highest BCUT2D eigenvalue weighted by molar-refractivity contribution is 7.09. The average Bonchev–Trinajstić information content (AvgIpc) is 3.31. The standard InChI is InChI=1S/C17H19N3O2S/c21-20(22)13-7-6-11-2-1-3-15(14(11)8-13)18-9-17-19-16(10-23-17)12-4-5-12/h6-8,10,12,15,18H,1-5,9H2. The second kappa shape index (κ2) is 6.02. The Morgan fingerprint density at radius 2 is 2.22 bits per heavy atom. The summed E-state index contributed by atoms with van der Waals surface area (Å²) in [5.74, 6) is 0.693. The molecule has 0 amide bonds. The molecule has 120 valence electrons. The summed E-state index contributed by atoms with van der Waals surface area (Å²) in [7, 11) is 0. The third-order valence-corrected chi connectivity index (χ3v) is 5.59. The lowest BCUT2D eigenvalue weighted by Crippen LogP contribution is -2.25.